The predicted octanol–water partition coefficient (Wildman–Crippen LogP) is 2.81. The van der Waals surface area contributed by atoms with Crippen LogP contribution in [-0.4, -0.2) is 29.6 Å². The van der Waals surface area contributed by atoms with E-state index >= 15 is 0 Å². The van der Waals surface area contributed by atoms with Gasteiger partial charge in [-0.15, -0.1) is 0 Å². The fourth-order valence-electron chi connectivity index (χ4n) is 2.51. The van der Waals surface area contributed by atoms with Crippen LogP contribution >= 0.6 is 0 Å². The molecule has 0 N–H and O–H groups in total. The van der Waals surface area contributed by atoms with E-state index in [1.165, 1.54) is 24.3 Å². The smallest absolute Gasteiger partial charge is 0.169 e. The third-order valence-corrected chi connectivity index (χ3v) is 3.66. The molecule has 1 atom stereocenters. The summed E-state index contributed by atoms with van der Waals surface area (Å²) in [6.45, 7) is 3.12. The van der Waals surface area contributed by atoms with Crippen LogP contribution in [0.3, 0.4) is 0 Å². The Morgan fingerprint density at radius 1 is 1.35 bits per heavy atom. The number of hydrogen-bond donors (Lipinski definition) is 0. The van der Waals surface area contributed by atoms with Crippen molar-refractivity contribution in [3.8, 4) is 0 Å². The second-order valence-electron chi connectivity index (χ2n) is 5.04. The number of fused-ring (bicyclic) bond motifs is 1. The van der Waals surface area contributed by atoms with Gasteiger partial charge < -0.3 is 4.90 Å². The normalized spacial score (nSPS) is 21.1. The maximum Gasteiger partial charge on any atom is 0.169 e. The SMILES string of the molecule is CC1=CC=CC2=NCC(C(=O)c3ccc(F)cc3)CN12. The first kappa shape index (κ1) is 12.8. The minimum atomic E-state index is -0.328. The third kappa shape index (κ3) is 2.29. The minimum absolute atomic E-state index is 0.0233. The second-order valence-corrected chi connectivity index (χ2v) is 5.04. The van der Waals surface area contributed by atoms with E-state index in [-0.39, 0.29) is 17.5 Å². The standard InChI is InChI=1S/C16H15FN2O/c1-11-3-2-4-15-18-9-13(10-19(11)15)16(20)12-5-7-14(17)8-6-12/h2-8,13H,9-10H2,1H3. The number of ketones is 1. The van der Waals surface area contributed by atoms with Gasteiger partial charge in [-0.1, -0.05) is 6.08 Å². The molecule has 0 radical (unpaired) electrons. The monoisotopic (exact) mass is 270 g/mol. The van der Waals surface area contributed by atoms with E-state index in [1.807, 2.05) is 25.2 Å². The Kier molecular flexibility index (Phi) is 3.22. The highest BCUT2D eigenvalue weighted by Crippen LogP contribution is 2.21. The summed E-state index contributed by atoms with van der Waals surface area (Å²) < 4.78 is 12.9. The summed E-state index contributed by atoms with van der Waals surface area (Å²) in [5, 5.41) is 0. The van der Waals surface area contributed by atoms with Gasteiger partial charge in [0.05, 0.1) is 12.5 Å². The first-order chi connectivity index (χ1) is 9.65. The number of rotatable bonds is 2. The van der Waals surface area contributed by atoms with E-state index in [1.54, 1.807) is 0 Å². The molecule has 4 heteroatoms. The molecular weight excluding hydrogens is 255 g/mol. The van der Waals surface area contributed by atoms with Gasteiger partial charge in [0, 0.05) is 17.8 Å². The lowest BCUT2D eigenvalue weighted by atomic mass is 9.95. The van der Waals surface area contributed by atoms with Crippen LogP contribution in [0.2, 0.25) is 0 Å². The Morgan fingerprint density at radius 3 is 2.85 bits per heavy atom. The van der Waals surface area contributed by atoms with Crippen molar-refractivity contribution >= 4 is 11.6 Å². The molecule has 0 saturated carbocycles. The van der Waals surface area contributed by atoms with E-state index in [4.69, 9.17) is 0 Å². The molecule has 2 aliphatic rings. The molecule has 1 unspecified atom stereocenters. The van der Waals surface area contributed by atoms with E-state index in [0.717, 1.165) is 11.5 Å². The Morgan fingerprint density at radius 2 is 2.10 bits per heavy atom. The highest BCUT2D eigenvalue weighted by Gasteiger charge is 2.28. The van der Waals surface area contributed by atoms with Crippen molar-refractivity contribution in [1.82, 2.24) is 4.90 Å². The lowest BCUT2D eigenvalue weighted by Gasteiger charge is -2.34. The van der Waals surface area contributed by atoms with Crippen molar-refractivity contribution < 1.29 is 9.18 Å². The summed E-state index contributed by atoms with van der Waals surface area (Å²) in [6.07, 6.45) is 5.92. The number of amidine groups is 1. The number of benzene rings is 1. The van der Waals surface area contributed by atoms with Crippen LogP contribution in [0.4, 0.5) is 4.39 Å². The summed E-state index contributed by atoms with van der Waals surface area (Å²) in [4.78, 5) is 19.0. The summed E-state index contributed by atoms with van der Waals surface area (Å²) in [7, 11) is 0. The number of carbonyl (C=O) groups is 1. The average Bonchev–Trinajstić information content (AvgIpc) is 2.47. The molecule has 20 heavy (non-hydrogen) atoms. The number of allylic oxidation sites excluding steroid dienone is 3. The van der Waals surface area contributed by atoms with Crippen LogP contribution in [0.1, 0.15) is 17.3 Å². The fourth-order valence-corrected chi connectivity index (χ4v) is 2.51. The topological polar surface area (TPSA) is 32.7 Å². The minimum Gasteiger partial charge on any atom is -0.330 e. The summed E-state index contributed by atoms with van der Waals surface area (Å²) in [6, 6.07) is 5.71. The van der Waals surface area contributed by atoms with Crippen molar-refractivity contribution in [2.45, 2.75) is 6.92 Å². The third-order valence-electron chi connectivity index (χ3n) is 3.66. The van der Waals surface area contributed by atoms with Crippen molar-refractivity contribution in [1.29, 1.82) is 0 Å². The zero-order chi connectivity index (χ0) is 14.1. The first-order valence-electron chi connectivity index (χ1n) is 6.62. The molecule has 0 fully saturated rings. The number of halogens is 1. The number of carbonyl (C=O) groups excluding carboxylic acids is 1. The molecule has 0 bridgehead atoms. The fraction of sp³-hybridized carbons (Fsp3) is 0.250. The molecule has 3 nitrogen and oxygen atoms in total. The molecule has 2 aliphatic heterocycles. The molecule has 3 rings (SSSR count). The molecule has 0 aliphatic carbocycles. The average molecular weight is 270 g/mol. The number of Topliss-reactive ketones (excluding diaryl/α,β-unsaturated/α-hetero) is 1. The van der Waals surface area contributed by atoms with Crippen LogP contribution in [0.5, 0.6) is 0 Å². The van der Waals surface area contributed by atoms with Crippen molar-refractivity contribution in [3.05, 3.63) is 59.6 Å². The van der Waals surface area contributed by atoms with Crippen molar-refractivity contribution in [3.63, 3.8) is 0 Å². The van der Waals surface area contributed by atoms with E-state index in [0.29, 0.717) is 18.7 Å². The molecule has 1 aromatic rings. The zero-order valence-corrected chi connectivity index (χ0v) is 11.2. The number of aliphatic imine (C=N–C) groups is 1. The molecule has 2 heterocycles. The summed E-state index contributed by atoms with van der Waals surface area (Å²) in [5.41, 5.74) is 1.63. The molecule has 0 saturated heterocycles. The maximum atomic E-state index is 12.9. The highest BCUT2D eigenvalue weighted by atomic mass is 19.1. The van der Waals surface area contributed by atoms with Crippen molar-refractivity contribution in [2.75, 3.05) is 13.1 Å². The van der Waals surface area contributed by atoms with Crippen LogP contribution in [0.25, 0.3) is 0 Å². The van der Waals surface area contributed by atoms with Gasteiger partial charge in [0.15, 0.2) is 5.78 Å². The predicted molar refractivity (Wildman–Crippen MR) is 76.1 cm³/mol. The molecular formula is C16H15FN2O. The van der Waals surface area contributed by atoms with Crippen LogP contribution in [-0.2, 0) is 0 Å². The molecule has 1 aromatic carbocycles. The Bertz CT molecular complexity index is 628. The van der Waals surface area contributed by atoms with Gasteiger partial charge in [0.2, 0.25) is 0 Å². The summed E-state index contributed by atoms with van der Waals surface area (Å²) in [5.74, 6) is 0.424. The molecule has 0 spiro atoms. The van der Waals surface area contributed by atoms with Gasteiger partial charge in [0.1, 0.15) is 11.7 Å². The second kappa shape index (κ2) is 5.04. The van der Waals surface area contributed by atoms with Crippen LogP contribution in [0.15, 0.2) is 53.2 Å². The van der Waals surface area contributed by atoms with Gasteiger partial charge in [-0.05, 0) is 43.3 Å². The van der Waals surface area contributed by atoms with E-state index in [2.05, 4.69) is 9.89 Å². The quantitative estimate of drug-likeness (QED) is 0.774. The maximum absolute atomic E-state index is 12.9. The van der Waals surface area contributed by atoms with E-state index in [9.17, 15) is 9.18 Å². The van der Waals surface area contributed by atoms with Crippen LogP contribution < -0.4 is 0 Å². The highest BCUT2D eigenvalue weighted by molar-refractivity contribution is 6.01. The molecule has 102 valence electrons. The Balaban J connectivity index is 1.81. The van der Waals surface area contributed by atoms with Gasteiger partial charge in [-0.2, -0.15) is 0 Å². The lowest BCUT2D eigenvalue weighted by Crippen LogP contribution is -2.42. The van der Waals surface area contributed by atoms with Gasteiger partial charge >= 0.3 is 0 Å². The van der Waals surface area contributed by atoms with Crippen LogP contribution in [0, 0.1) is 11.7 Å². The largest absolute Gasteiger partial charge is 0.330 e. The van der Waals surface area contributed by atoms with Crippen molar-refractivity contribution in [2.24, 2.45) is 10.9 Å². The van der Waals surface area contributed by atoms with Gasteiger partial charge in [-0.3, -0.25) is 9.79 Å². The first-order valence-corrected chi connectivity index (χ1v) is 6.62. The van der Waals surface area contributed by atoms with Gasteiger partial charge in [-0.25, -0.2) is 4.39 Å². The zero-order valence-electron chi connectivity index (χ0n) is 11.2. The Hall–Kier alpha value is -2.23. The lowest BCUT2D eigenvalue weighted by molar-refractivity contribution is 0.0907. The molecule has 0 aromatic heterocycles. The van der Waals surface area contributed by atoms with E-state index < -0.39 is 0 Å². The number of hydrogen-bond acceptors (Lipinski definition) is 3. The Labute approximate surface area is 117 Å². The molecule has 0 amide bonds. The summed E-state index contributed by atoms with van der Waals surface area (Å²) >= 11 is 0. The van der Waals surface area contributed by atoms with Gasteiger partial charge in [0.25, 0.3) is 0 Å². The number of nitrogens with zero attached hydrogens (tertiary/aromatic N) is 2.